The number of nitrogens with zero attached hydrogens (tertiary/aromatic N) is 4. The molecule has 2 aliphatic rings. The van der Waals surface area contributed by atoms with Gasteiger partial charge in [-0.2, -0.15) is 4.98 Å². The molecule has 0 spiro atoms. The lowest BCUT2D eigenvalue weighted by Crippen LogP contribution is -2.32. The molecule has 2 aromatic heterocycles. The van der Waals surface area contributed by atoms with Crippen molar-refractivity contribution in [1.82, 2.24) is 20.2 Å². The lowest BCUT2D eigenvalue weighted by Gasteiger charge is -2.21. The summed E-state index contributed by atoms with van der Waals surface area (Å²) in [7, 11) is 0. The molecule has 1 atom stereocenters. The van der Waals surface area contributed by atoms with Crippen molar-refractivity contribution in [2.24, 2.45) is 0 Å². The number of amides is 1. The van der Waals surface area contributed by atoms with E-state index in [1.807, 2.05) is 29.2 Å². The summed E-state index contributed by atoms with van der Waals surface area (Å²) in [6.45, 7) is 0.709. The second-order valence-corrected chi connectivity index (χ2v) is 6.81. The van der Waals surface area contributed by atoms with Gasteiger partial charge in [0.2, 0.25) is 11.8 Å². The van der Waals surface area contributed by atoms with Crippen molar-refractivity contribution < 1.29 is 13.8 Å². The third kappa shape index (κ3) is 2.59. The van der Waals surface area contributed by atoms with Crippen LogP contribution in [0, 0.1) is 0 Å². The molecular weight excluding hydrogens is 320 g/mol. The molecule has 1 aliphatic heterocycles. The average Bonchev–Trinajstić information content (AvgIpc) is 3.04. The molecule has 128 valence electrons. The molecule has 5 rings (SSSR count). The highest BCUT2D eigenvalue weighted by Gasteiger charge is 2.36. The zero-order valence-electron chi connectivity index (χ0n) is 13.7. The van der Waals surface area contributed by atoms with E-state index in [-0.39, 0.29) is 18.4 Å². The SMILES string of the molecule is O=C(Cc1noc2ccccc12)N1CCCC1c1nc(C2CC2)no1. The van der Waals surface area contributed by atoms with Gasteiger partial charge in [0.15, 0.2) is 11.4 Å². The first kappa shape index (κ1) is 14.6. The molecular formula is C18H18N4O3. The molecule has 0 N–H and O–H groups in total. The van der Waals surface area contributed by atoms with Gasteiger partial charge in [0.05, 0.1) is 6.42 Å². The van der Waals surface area contributed by atoms with Crippen LogP contribution in [0.25, 0.3) is 11.0 Å². The first-order chi connectivity index (χ1) is 12.3. The molecule has 0 bridgehead atoms. The van der Waals surface area contributed by atoms with Crippen LogP contribution in [0.1, 0.15) is 55.1 Å². The van der Waals surface area contributed by atoms with Crippen molar-refractivity contribution >= 4 is 16.9 Å². The second kappa shape index (κ2) is 5.68. The van der Waals surface area contributed by atoms with Crippen LogP contribution in [0.3, 0.4) is 0 Å². The number of benzene rings is 1. The Kier molecular flexibility index (Phi) is 3.33. The number of para-hydroxylation sites is 1. The standard InChI is InChI=1S/C18H18N4O3/c23-16(10-13-12-4-1-2-6-15(12)24-20-13)22-9-3-5-14(22)18-19-17(21-25-18)11-7-8-11/h1-2,4,6,11,14H,3,5,7-10H2. The third-order valence-electron chi connectivity index (χ3n) is 5.03. The molecule has 3 aromatic rings. The predicted molar refractivity (Wildman–Crippen MR) is 87.7 cm³/mol. The van der Waals surface area contributed by atoms with Crippen LogP contribution in [0.4, 0.5) is 0 Å². The highest BCUT2D eigenvalue weighted by Crippen LogP contribution is 2.39. The Hall–Kier alpha value is -2.70. The van der Waals surface area contributed by atoms with E-state index in [1.54, 1.807) is 0 Å². The largest absolute Gasteiger partial charge is 0.356 e. The minimum absolute atomic E-state index is 0.0210. The highest BCUT2D eigenvalue weighted by atomic mass is 16.5. The van der Waals surface area contributed by atoms with Gasteiger partial charge in [-0.15, -0.1) is 0 Å². The molecule has 3 heterocycles. The minimum atomic E-state index is -0.120. The van der Waals surface area contributed by atoms with Crippen LogP contribution < -0.4 is 0 Å². The number of hydrogen-bond donors (Lipinski definition) is 0. The third-order valence-corrected chi connectivity index (χ3v) is 5.03. The molecule has 1 saturated carbocycles. The number of aromatic nitrogens is 3. The van der Waals surface area contributed by atoms with Crippen LogP contribution >= 0.6 is 0 Å². The van der Waals surface area contributed by atoms with E-state index in [0.717, 1.165) is 36.9 Å². The number of likely N-dealkylation sites (tertiary alicyclic amines) is 1. The van der Waals surface area contributed by atoms with Gasteiger partial charge >= 0.3 is 0 Å². The van der Waals surface area contributed by atoms with Crippen LogP contribution in [-0.4, -0.2) is 32.6 Å². The van der Waals surface area contributed by atoms with Gasteiger partial charge < -0.3 is 13.9 Å². The van der Waals surface area contributed by atoms with Gasteiger partial charge in [-0.05, 0) is 37.8 Å². The Bertz CT molecular complexity index is 927. The fourth-order valence-electron chi connectivity index (χ4n) is 3.52. The summed E-state index contributed by atoms with van der Waals surface area (Å²) in [5.74, 6) is 1.83. The molecule has 1 unspecified atom stereocenters. The molecule has 0 radical (unpaired) electrons. The fourth-order valence-corrected chi connectivity index (χ4v) is 3.52. The molecule has 7 heteroatoms. The maximum absolute atomic E-state index is 12.8. The van der Waals surface area contributed by atoms with E-state index in [9.17, 15) is 4.79 Å². The number of fused-ring (bicyclic) bond motifs is 1. The Balaban J connectivity index is 1.36. The zero-order valence-corrected chi connectivity index (χ0v) is 13.7. The fraction of sp³-hybridized carbons (Fsp3) is 0.444. The molecule has 25 heavy (non-hydrogen) atoms. The maximum atomic E-state index is 12.8. The monoisotopic (exact) mass is 338 g/mol. The van der Waals surface area contributed by atoms with Crippen molar-refractivity contribution in [2.45, 2.75) is 44.1 Å². The van der Waals surface area contributed by atoms with Crippen LogP contribution in [-0.2, 0) is 11.2 Å². The van der Waals surface area contributed by atoms with Gasteiger partial charge in [-0.1, -0.05) is 22.4 Å². The van der Waals surface area contributed by atoms with E-state index in [0.29, 0.717) is 29.6 Å². The number of carbonyl (C=O) groups is 1. The average molecular weight is 338 g/mol. The normalized spacial score (nSPS) is 20.5. The smallest absolute Gasteiger partial charge is 0.249 e. The quantitative estimate of drug-likeness (QED) is 0.727. The van der Waals surface area contributed by atoms with Crippen molar-refractivity contribution in [1.29, 1.82) is 0 Å². The summed E-state index contributed by atoms with van der Waals surface area (Å²) in [5, 5.41) is 9.04. The Morgan fingerprint density at radius 3 is 2.92 bits per heavy atom. The highest BCUT2D eigenvalue weighted by molar-refractivity contribution is 5.86. The van der Waals surface area contributed by atoms with E-state index in [4.69, 9.17) is 9.05 Å². The van der Waals surface area contributed by atoms with E-state index in [2.05, 4.69) is 15.3 Å². The number of carbonyl (C=O) groups excluding carboxylic acids is 1. The van der Waals surface area contributed by atoms with Crippen molar-refractivity contribution in [3.8, 4) is 0 Å². The summed E-state index contributed by atoms with van der Waals surface area (Å²) in [6.07, 6.45) is 4.28. The summed E-state index contributed by atoms with van der Waals surface area (Å²) in [5.41, 5.74) is 1.38. The lowest BCUT2D eigenvalue weighted by molar-refractivity contribution is -0.131. The van der Waals surface area contributed by atoms with Crippen molar-refractivity contribution in [3.05, 3.63) is 41.7 Å². The van der Waals surface area contributed by atoms with E-state index < -0.39 is 0 Å². The maximum Gasteiger partial charge on any atom is 0.249 e. The van der Waals surface area contributed by atoms with Gasteiger partial charge in [0.1, 0.15) is 11.7 Å². The molecule has 1 aromatic carbocycles. The van der Waals surface area contributed by atoms with Gasteiger partial charge in [-0.3, -0.25) is 4.79 Å². The van der Waals surface area contributed by atoms with Gasteiger partial charge in [-0.25, -0.2) is 0 Å². The van der Waals surface area contributed by atoms with Crippen LogP contribution in [0.15, 0.2) is 33.3 Å². The summed E-state index contributed by atoms with van der Waals surface area (Å²) in [6, 6.07) is 7.47. The second-order valence-electron chi connectivity index (χ2n) is 6.81. The summed E-state index contributed by atoms with van der Waals surface area (Å²) < 4.78 is 10.7. The van der Waals surface area contributed by atoms with E-state index in [1.165, 1.54) is 0 Å². The Morgan fingerprint density at radius 1 is 1.16 bits per heavy atom. The number of rotatable bonds is 4. The molecule has 1 saturated heterocycles. The predicted octanol–water partition coefficient (Wildman–Crippen LogP) is 2.99. The van der Waals surface area contributed by atoms with Crippen LogP contribution in [0.2, 0.25) is 0 Å². The van der Waals surface area contributed by atoms with Gasteiger partial charge in [0.25, 0.3) is 0 Å². The lowest BCUT2D eigenvalue weighted by atomic mass is 10.1. The first-order valence-corrected chi connectivity index (χ1v) is 8.76. The molecule has 7 nitrogen and oxygen atoms in total. The molecule has 1 amide bonds. The number of hydrogen-bond acceptors (Lipinski definition) is 6. The van der Waals surface area contributed by atoms with Crippen molar-refractivity contribution in [2.75, 3.05) is 6.54 Å². The molecule has 1 aliphatic carbocycles. The zero-order chi connectivity index (χ0) is 16.8. The summed E-state index contributed by atoms with van der Waals surface area (Å²) in [4.78, 5) is 19.2. The van der Waals surface area contributed by atoms with Crippen LogP contribution in [0.5, 0.6) is 0 Å². The van der Waals surface area contributed by atoms with E-state index >= 15 is 0 Å². The first-order valence-electron chi connectivity index (χ1n) is 8.76. The summed E-state index contributed by atoms with van der Waals surface area (Å²) >= 11 is 0. The topological polar surface area (TPSA) is 85.3 Å². The Labute approximate surface area is 144 Å². The van der Waals surface area contributed by atoms with Crippen molar-refractivity contribution in [3.63, 3.8) is 0 Å². The van der Waals surface area contributed by atoms with Gasteiger partial charge in [0, 0.05) is 17.8 Å². The minimum Gasteiger partial charge on any atom is -0.356 e. The molecule has 2 fully saturated rings. The Morgan fingerprint density at radius 2 is 2.04 bits per heavy atom.